The van der Waals surface area contributed by atoms with Gasteiger partial charge in [0, 0.05) is 18.9 Å². The van der Waals surface area contributed by atoms with Gasteiger partial charge in [-0.3, -0.25) is 4.79 Å². The molecule has 0 radical (unpaired) electrons. The lowest BCUT2D eigenvalue weighted by molar-refractivity contribution is -0.185. The van der Waals surface area contributed by atoms with Crippen LogP contribution in [0.25, 0.3) is 0 Å². The average molecular weight is 298 g/mol. The quantitative estimate of drug-likeness (QED) is 0.217. The molecule has 0 bridgehead atoms. The highest BCUT2D eigenvalue weighted by atomic mass is 16.7. The van der Waals surface area contributed by atoms with Crippen LogP contribution in [-0.2, 0) is 19.1 Å². The molecule has 0 saturated carbocycles. The van der Waals surface area contributed by atoms with E-state index in [2.05, 4.69) is 20.4 Å². The highest BCUT2D eigenvalue weighted by Gasteiger charge is 2.17. The Morgan fingerprint density at radius 3 is 2.19 bits per heavy atom. The summed E-state index contributed by atoms with van der Waals surface area (Å²) >= 11 is 0. The van der Waals surface area contributed by atoms with Gasteiger partial charge in [0.1, 0.15) is 0 Å². The van der Waals surface area contributed by atoms with Crippen LogP contribution in [0.1, 0.15) is 78.1 Å². The van der Waals surface area contributed by atoms with Crippen LogP contribution in [0.5, 0.6) is 0 Å². The van der Waals surface area contributed by atoms with Crippen molar-refractivity contribution < 1.29 is 19.1 Å². The Balaban J connectivity index is 4.02. The van der Waals surface area contributed by atoms with Gasteiger partial charge in [0.25, 0.3) is 0 Å². The maximum absolute atomic E-state index is 11.7. The third kappa shape index (κ3) is 12.2. The number of esters is 2. The third-order valence-electron chi connectivity index (χ3n) is 3.20. The van der Waals surface area contributed by atoms with Gasteiger partial charge in [0.15, 0.2) is 0 Å². The number of carbonyl (C=O) groups is 2. The second kappa shape index (κ2) is 13.7. The standard InChI is InChI=1S/C17H30O4/c1-4-7-9-10-12-13-16(19)21-17(14-11-8-5-2)20-15(18)6-3/h6,17H,3-5,7-14H2,1-2H3. The lowest BCUT2D eigenvalue weighted by atomic mass is 10.1. The molecule has 1 atom stereocenters. The molecule has 0 aliphatic heterocycles. The Morgan fingerprint density at radius 2 is 1.57 bits per heavy atom. The SMILES string of the molecule is C=CC(=O)OC(CCCCC)OC(=O)CCCCCCC. The lowest BCUT2D eigenvalue weighted by Crippen LogP contribution is -2.24. The van der Waals surface area contributed by atoms with E-state index < -0.39 is 12.3 Å². The third-order valence-corrected chi connectivity index (χ3v) is 3.20. The maximum Gasteiger partial charge on any atom is 0.333 e. The largest absolute Gasteiger partial charge is 0.425 e. The van der Waals surface area contributed by atoms with E-state index in [0.29, 0.717) is 12.8 Å². The molecule has 0 heterocycles. The zero-order valence-electron chi connectivity index (χ0n) is 13.6. The molecule has 0 rings (SSSR count). The Hall–Kier alpha value is -1.32. The Kier molecular flexibility index (Phi) is 12.8. The van der Waals surface area contributed by atoms with Gasteiger partial charge in [0.05, 0.1) is 0 Å². The van der Waals surface area contributed by atoms with Crippen molar-refractivity contribution in [2.75, 3.05) is 0 Å². The molecule has 0 amide bonds. The summed E-state index contributed by atoms with van der Waals surface area (Å²) < 4.78 is 10.3. The molecule has 0 spiro atoms. The molecule has 0 aromatic rings. The van der Waals surface area contributed by atoms with Gasteiger partial charge < -0.3 is 9.47 Å². The predicted molar refractivity (Wildman–Crippen MR) is 83.7 cm³/mol. The Morgan fingerprint density at radius 1 is 0.952 bits per heavy atom. The normalized spacial score (nSPS) is 11.7. The molecule has 21 heavy (non-hydrogen) atoms. The minimum absolute atomic E-state index is 0.287. The lowest BCUT2D eigenvalue weighted by Gasteiger charge is -2.17. The van der Waals surface area contributed by atoms with Crippen LogP contribution in [0.15, 0.2) is 12.7 Å². The number of unbranched alkanes of at least 4 members (excludes halogenated alkanes) is 6. The van der Waals surface area contributed by atoms with Crippen molar-refractivity contribution in [3.8, 4) is 0 Å². The highest BCUT2D eigenvalue weighted by molar-refractivity contribution is 5.81. The van der Waals surface area contributed by atoms with Crippen molar-refractivity contribution in [1.29, 1.82) is 0 Å². The number of carbonyl (C=O) groups excluding carboxylic acids is 2. The fraction of sp³-hybridized carbons (Fsp3) is 0.765. The fourth-order valence-electron chi connectivity index (χ4n) is 1.96. The van der Waals surface area contributed by atoms with E-state index in [4.69, 9.17) is 9.47 Å². The summed E-state index contributed by atoms with van der Waals surface area (Å²) in [7, 11) is 0. The Labute approximate surface area is 128 Å². The van der Waals surface area contributed by atoms with Crippen LogP contribution < -0.4 is 0 Å². The fourth-order valence-corrected chi connectivity index (χ4v) is 1.96. The predicted octanol–water partition coefficient (Wildman–Crippen LogP) is 4.53. The molecule has 0 saturated heterocycles. The summed E-state index contributed by atoms with van der Waals surface area (Å²) in [6.45, 7) is 7.60. The second-order valence-corrected chi connectivity index (χ2v) is 5.22. The topological polar surface area (TPSA) is 52.6 Å². The molecule has 0 aliphatic carbocycles. The number of ether oxygens (including phenoxy) is 2. The molecule has 0 aliphatic rings. The van der Waals surface area contributed by atoms with Crippen LogP contribution in [0, 0.1) is 0 Å². The van der Waals surface area contributed by atoms with E-state index in [1.54, 1.807) is 0 Å². The van der Waals surface area contributed by atoms with Crippen molar-refractivity contribution in [2.45, 2.75) is 84.3 Å². The molecular weight excluding hydrogens is 268 g/mol. The monoisotopic (exact) mass is 298 g/mol. The van der Waals surface area contributed by atoms with E-state index in [1.807, 2.05) is 0 Å². The molecular formula is C17H30O4. The molecule has 1 unspecified atom stereocenters. The summed E-state index contributed by atoms with van der Waals surface area (Å²) in [5.74, 6) is -0.836. The van der Waals surface area contributed by atoms with Crippen LogP contribution >= 0.6 is 0 Å². The van der Waals surface area contributed by atoms with Gasteiger partial charge in [0.2, 0.25) is 6.29 Å². The van der Waals surface area contributed by atoms with Crippen LogP contribution in [0.4, 0.5) is 0 Å². The Bertz CT molecular complexity index is 299. The van der Waals surface area contributed by atoms with Gasteiger partial charge in [-0.1, -0.05) is 59.0 Å². The zero-order valence-corrected chi connectivity index (χ0v) is 13.6. The highest BCUT2D eigenvalue weighted by Crippen LogP contribution is 2.12. The van der Waals surface area contributed by atoms with Crippen molar-refractivity contribution in [3.05, 3.63) is 12.7 Å². The summed E-state index contributed by atoms with van der Waals surface area (Å²) in [4.78, 5) is 23.0. The van der Waals surface area contributed by atoms with Crippen LogP contribution in [-0.4, -0.2) is 18.2 Å². The summed E-state index contributed by atoms with van der Waals surface area (Å²) in [6, 6.07) is 0. The maximum atomic E-state index is 11.7. The summed E-state index contributed by atoms with van der Waals surface area (Å²) in [5, 5.41) is 0. The smallest absolute Gasteiger partial charge is 0.333 e. The van der Waals surface area contributed by atoms with Crippen LogP contribution in [0.2, 0.25) is 0 Å². The van der Waals surface area contributed by atoms with Crippen LogP contribution in [0.3, 0.4) is 0 Å². The number of rotatable bonds is 13. The molecule has 122 valence electrons. The van der Waals surface area contributed by atoms with Crippen molar-refractivity contribution in [2.24, 2.45) is 0 Å². The first-order chi connectivity index (χ1) is 10.1. The van der Waals surface area contributed by atoms with E-state index in [9.17, 15) is 9.59 Å². The molecule has 4 nitrogen and oxygen atoms in total. The summed E-state index contributed by atoms with van der Waals surface area (Å²) in [6.07, 6.45) is 9.61. The first-order valence-corrected chi connectivity index (χ1v) is 8.16. The number of hydrogen-bond acceptors (Lipinski definition) is 4. The van der Waals surface area contributed by atoms with E-state index in [0.717, 1.165) is 44.6 Å². The van der Waals surface area contributed by atoms with Gasteiger partial charge >= 0.3 is 11.9 Å². The van der Waals surface area contributed by atoms with E-state index in [1.165, 1.54) is 12.8 Å². The molecule has 4 heteroatoms. The molecule has 0 N–H and O–H groups in total. The van der Waals surface area contributed by atoms with E-state index >= 15 is 0 Å². The minimum Gasteiger partial charge on any atom is -0.425 e. The van der Waals surface area contributed by atoms with Gasteiger partial charge in [-0.15, -0.1) is 0 Å². The second-order valence-electron chi connectivity index (χ2n) is 5.22. The zero-order chi connectivity index (χ0) is 15.9. The van der Waals surface area contributed by atoms with E-state index in [-0.39, 0.29) is 5.97 Å². The number of hydrogen-bond donors (Lipinski definition) is 0. The summed E-state index contributed by atoms with van der Waals surface area (Å²) in [5.41, 5.74) is 0. The minimum atomic E-state index is -0.773. The first kappa shape index (κ1) is 19.7. The average Bonchev–Trinajstić information content (AvgIpc) is 2.47. The van der Waals surface area contributed by atoms with Crippen molar-refractivity contribution in [3.63, 3.8) is 0 Å². The van der Waals surface area contributed by atoms with Crippen molar-refractivity contribution >= 4 is 11.9 Å². The molecule has 0 fully saturated rings. The first-order valence-electron chi connectivity index (χ1n) is 8.16. The van der Waals surface area contributed by atoms with Gasteiger partial charge in [-0.25, -0.2) is 4.79 Å². The molecule has 0 aromatic carbocycles. The van der Waals surface area contributed by atoms with Crippen molar-refractivity contribution in [1.82, 2.24) is 0 Å². The van der Waals surface area contributed by atoms with Gasteiger partial charge in [-0.2, -0.15) is 0 Å². The molecule has 0 aromatic heterocycles. The van der Waals surface area contributed by atoms with Gasteiger partial charge in [-0.05, 0) is 12.8 Å².